The van der Waals surface area contributed by atoms with Crippen molar-refractivity contribution in [2.45, 2.75) is 25.5 Å². The van der Waals surface area contributed by atoms with Crippen molar-refractivity contribution in [3.05, 3.63) is 46.4 Å². The second-order valence-electron chi connectivity index (χ2n) is 6.04. The Kier molecular flexibility index (Phi) is 5.65. The van der Waals surface area contributed by atoms with Crippen molar-refractivity contribution >= 4 is 11.3 Å². The molecule has 0 N–H and O–H groups in total. The normalized spacial score (nSPS) is 22.2. The maximum atomic E-state index is 5.74. The predicted molar refractivity (Wildman–Crippen MR) is 93.0 cm³/mol. The summed E-state index contributed by atoms with van der Waals surface area (Å²) >= 11 is 1.73. The molecule has 0 bridgehead atoms. The molecular formula is C18H24N2O2S. The van der Waals surface area contributed by atoms with Gasteiger partial charge >= 0.3 is 0 Å². The topological polar surface area (TPSA) is 34.6 Å². The Morgan fingerprint density at radius 2 is 2.09 bits per heavy atom. The zero-order valence-electron chi connectivity index (χ0n) is 13.8. The molecule has 1 aromatic heterocycles. The minimum atomic E-state index is 0.338. The first-order valence-corrected chi connectivity index (χ1v) is 8.93. The molecule has 2 heterocycles. The minimum absolute atomic E-state index is 0.338. The molecule has 124 valence electrons. The molecule has 4 nitrogen and oxygen atoms in total. The van der Waals surface area contributed by atoms with Gasteiger partial charge in [0.25, 0.3) is 0 Å². The van der Waals surface area contributed by atoms with Crippen LogP contribution in [-0.4, -0.2) is 43.3 Å². The van der Waals surface area contributed by atoms with Crippen LogP contribution >= 0.6 is 11.3 Å². The molecule has 0 unspecified atom stereocenters. The van der Waals surface area contributed by atoms with Crippen molar-refractivity contribution in [2.75, 3.05) is 27.3 Å². The van der Waals surface area contributed by atoms with E-state index < -0.39 is 0 Å². The van der Waals surface area contributed by atoms with E-state index in [1.165, 1.54) is 10.6 Å². The Morgan fingerprint density at radius 3 is 2.74 bits per heavy atom. The molecule has 1 saturated heterocycles. The van der Waals surface area contributed by atoms with Crippen LogP contribution in [0.25, 0.3) is 0 Å². The molecule has 5 heteroatoms. The maximum Gasteiger partial charge on any atom is 0.118 e. The van der Waals surface area contributed by atoms with Gasteiger partial charge in [0.1, 0.15) is 10.8 Å². The van der Waals surface area contributed by atoms with Gasteiger partial charge in [0.15, 0.2) is 0 Å². The molecule has 23 heavy (non-hydrogen) atoms. The third-order valence-corrected chi connectivity index (χ3v) is 5.31. The van der Waals surface area contributed by atoms with Crippen molar-refractivity contribution in [1.82, 2.24) is 9.88 Å². The van der Waals surface area contributed by atoms with Crippen LogP contribution in [0.5, 0.6) is 5.75 Å². The SMILES string of the molecule is COc1ccc(C[C@H]2CN(Cc3nccs3)CC[C@@H]2OC)cc1. The first-order chi connectivity index (χ1) is 11.3. The summed E-state index contributed by atoms with van der Waals surface area (Å²) in [4.78, 5) is 6.91. The second-order valence-corrected chi connectivity index (χ2v) is 7.02. The van der Waals surface area contributed by atoms with Gasteiger partial charge in [-0.3, -0.25) is 4.90 Å². The molecule has 1 aliphatic heterocycles. The van der Waals surface area contributed by atoms with Crippen molar-refractivity contribution in [2.24, 2.45) is 5.92 Å². The van der Waals surface area contributed by atoms with Gasteiger partial charge in [0, 0.05) is 37.7 Å². The molecule has 0 aliphatic carbocycles. The summed E-state index contributed by atoms with van der Waals surface area (Å²) < 4.78 is 11.0. The first kappa shape index (κ1) is 16.4. The number of hydrogen-bond donors (Lipinski definition) is 0. The van der Waals surface area contributed by atoms with Crippen LogP contribution in [0.3, 0.4) is 0 Å². The van der Waals surface area contributed by atoms with Gasteiger partial charge in [-0.2, -0.15) is 0 Å². The van der Waals surface area contributed by atoms with Crippen molar-refractivity contribution in [1.29, 1.82) is 0 Å². The van der Waals surface area contributed by atoms with Crippen molar-refractivity contribution in [3.8, 4) is 5.75 Å². The third-order valence-electron chi connectivity index (χ3n) is 4.55. The number of nitrogens with zero attached hydrogens (tertiary/aromatic N) is 2. The van der Waals surface area contributed by atoms with Gasteiger partial charge in [-0.15, -0.1) is 11.3 Å². The number of benzene rings is 1. The quantitative estimate of drug-likeness (QED) is 0.813. The van der Waals surface area contributed by atoms with E-state index in [9.17, 15) is 0 Å². The average Bonchev–Trinajstić information content (AvgIpc) is 3.09. The zero-order chi connectivity index (χ0) is 16.1. The van der Waals surface area contributed by atoms with E-state index in [1.54, 1.807) is 18.4 Å². The molecule has 0 spiro atoms. The van der Waals surface area contributed by atoms with Crippen LogP contribution in [0.15, 0.2) is 35.8 Å². The highest BCUT2D eigenvalue weighted by atomic mass is 32.1. The van der Waals surface area contributed by atoms with Crippen molar-refractivity contribution < 1.29 is 9.47 Å². The highest BCUT2D eigenvalue weighted by Crippen LogP contribution is 2.26. The van der Waals surface area contributed by atoms with E-state index in [1.807, 2.05) is 30.8 Å². The smallest absolute Gasteiger partial charge is 0.118 e. The number of aromatic nitrogens is 1. The van der Waals surface area contributed by atoms with E-state index in [2.05, 4.69) is 22.0 Å². The maximum absolute atomic E-state index is 5.74. The fraction of sp³-hybridized carbons (Fsp3) is 0.500. The molecule has 2 aromatic rings. The summed E-state index contributed by atoms with van der Waals surface area (Å²) in [5.41, 5.74) is 1.34. The summed E-state index contributed by atoms with van der Waals surface area (Å²) in [6, 6.07) is 8.39. The Labute approximate surface area is 142 Å². The van der Waals surface area contributed by atoms with Crippen LogP contribution < -0.4 is 4.74 Å². The van der Waals surface area contributed by atoms with Gasteiger partial charge in [-0.25, -0.2) is 4.98 Å². The summed E-state index contributed by atoms with van der Waals surface area (Å²) in [5, 5.41) is 3.25. The van der Waals surface area contributed by atoms with E-state index in [0.717, 1.165) is 38.2 Å². The molecule has 0 saturated carbocycles. The van der Waals surface area contributed by atoms with Gasteiger partial charge in [-0.1, -0.05) is 12.1 Å². The fourth-order valence-corrected chi connectivity index (χ4v) is 3.98. The summed E-state index contributed by atoms with van der Waals surface area (Å²) in [6.07, 6.45) is 4.35. The lowest BCUT2D eigenvalue weighted by Crippen LogP contribution is -2.44. The lowest BCUT2D eigenvalue weighted by Gasteiger charge is -2.37. The molecule has 0 amide bonds. The molecule has 1 aliphatic rings. The molecule has 3 rings (SSSR count). The Bertz CT molecular complexity index is 586. The number of methoxy groups -OCH3 is 2. The summed E-state index contributed by atoms with van der Waals surface area (Å²) in [7, 11) is 3.54. The molecule has 1 aromatic carbocycles. The largest absolute Gasteiger partial charge is 0.497 e. The van der Waals surface area contributed by atoms with Gasteiger partial charge in [0.2, 0.25) is 0 Å². The number of rotatable bonds is 6. The monoisotopic (exact) mass is 332 g/mol. The number of piperidine rings is 1. The zero-order valence-corrected chi connectivity index (χ0v) is 14.6. The van der Waals surface area contributed by atoms with Crippen LogP contribution in [0, 0.1) is 5.92 Å². The Hall–Kier alpha value is -1.43. The molecule has 2 atom stereocenters. The van der Waals surface area contributed by atoms with Gasteiger partial charge < -0.3 is 9.47 Å². The lowest BCUT2D eigenvalue weighted by atomic mass is 9.88. The van der Waals surface area contributed by atoms with E-state index in [4.69, 9.17) is 9.47 Å². The van der Waals surface area contributed by atoms with E-state index in [0.29, 0.717) is 12.0 Å². The average molecular weight is 332 g/mol. The summed E-state index contributed by atoms with van der Waals surface area (Å²) in [6.45, 7) is 3.09. The lowest BCUT2D eigenvalue weighted by molar-refractivity contribution is -0.00849. The highest BCUT2D eigenvalue weighted by molar-refractivity contribution is 7.09. The van der Waals surface area contributed by atoms with Crippen LogP contribution in [0.4, 0.5) is 0 Å². The number of likely N-dealkylation sites (tertiary alicyclic amines) is 1. The second kappa shape index (κ2) is 7.90. The Balaban J connectivity index is 1.63. The fourth-order valence-electron chi connectivity index (χ4n) is 3.32. The van der Waals surface area contributed by atoms with Crippen LogP contribution in [0.2, 0.25) is 0 Å². The highest BCUT2D eigenvalue weighted by Gasteiger charge is 2.29. The van der Waals surface area contributed by atoms with Crippen molar-refractivity contribution in [3.63, 3.8) is 0 Å². The van der Waals surface area contributed by atoms with Gasteiger partial charge in [0.05, 0.1) is 19.8 Å². The number of hydrogen-bond acceptors (Lipinski definition) is 5. The van der Waals surface area contributed by atoms with E-state index >= 15 is 0 Å². The van der Waals surface area contributed by atoms with Crippen LogP contribution in [0.1, 0.15) is 17.0 Å². The van der Waals surface area contributed by atoms with Crippen LogP contribution in [-0.2, 0) is 17.7 Å². The van der Waals surface area contributed by atoms with E-state index in [-0.39, 0.29) is 0 Å². The molecule has 0 radical (unpaired) electrons. The molecule has 1 fully saturated rings. The predicted octanol–water partition coefficient (Wildman–Crippen LogP) is 3.23. The number of ether oxygens (including phenoxy) is 2. The summed E-state index contributed by atoms with van der Waals surface area (Å²) in [5.74, 6) is 1.42. The Morgan fingerprint density at radius 1 is 1.26 bits per heavy atom. The molecular weight excluding hydrogens is 308 g/mol. The first-order valence-electron chi connectivity index (χ1n) is 8.05. The number of thiazole rings is 1. The standard InChI is InChI=1S/C18H24N2O2S/c1-21-16-5-3-14(4-6-16)11-15-12-20(9-7-17(15)22-2)13-18-19-8-10-23-18/h3-6,8,10,15,17H,7,9,11-13H2,1-2H3/t15-,17-/m0/s1. The minimum Gasteiger partial charge on any atom is -0.497 e. The van der Waals surface area contributed by atoms with Gasteiger partial charge in [-0.05, 0) is 30.5 Å². The third kappa shape index (κ3) is 4.31.